The van der Waals surface area contributed by atoms with Crippen molar-refractivity contribution in [2.45, 2.75) is 45.6 Å². The van der Waals surface area contributed by atoms with Crippen LogP contribution in [-0.2, 0) is 12.0 Å². The number of rotatable bonds is 1. The second kappa shape index (κ2) is 3.89. The van der Waals surface area contributed by atoms with E-state index in [1.54, 1.807) is 0 Å². The number of fused-ring (bicyclic) bond motifs is 1. The summed E-state index contributed by atoms with van der Waals surface area (Å²) < 4.78 is 0. The summed E-state index contributed by atoms with van der Waals surface area (Å²) in [6.45, 7) is 10.4. The number of benzene rings is 1. The van der Waals surface area contributed by atoms with Crippen LogP contribution in [0.5, 0.6) is 0 Å². The van der Waals surface area contributed by atoms with Gasteiger partial charge in [-0.3, -0.25) is 4.90 Å². The third kappa shape index (κ3) is 1.78. The standard InChI is InChI=1S/C15H23N/c1-11(2)13-7-6-12-8-9-16(5)15(3,4)14(12)10-13/h6-7,10-11H,8-9H2,1-5H3. The topological polar surface area (TPSA) is 3.24 Å². The van der Waals surface area contributed by atoms with Crippen LogP contribution in [0.3, 0.4) is 0 Å². The number of hydrogen-bond donors (Lipinski definition) is 0. The van der Waals surface area contributed by atoms with Crippen molar-refractivity contribution < 1.29 is 0 Å². The van der Waals surface area contributed by atoms with Crippen LogP contribution in [-0.4, -0.2) is 18.5 Å². The molecule has 0 amide bonds. The Morgan fingerprint density at radius 3 is 2.56 bits per heavy atom. The van der Waals surface area contributed by atoms with E-state index in [0.717, 1.165) is 0 Å². The minimum Gasteiger partial charge on any atom is -0.297 e. The van der Waals surface area contributed by atoms with E-state index in [9.17, 15) is 0 Å². The van der Waals surface area contributed by atoms with Gasteiger partial charge in [0.2, 0.25) is 0 Å². The Bertz CT molecular complexity index is 390. The van der Waals surface area contributed by atoms with Crippen LogP contribution >= 0.6 is 0 Å². The maximum atomic E-state index is 2.46. The maximum absolute atomic E-state index is 2.46. The molecule has 1 aromatic carbocycles. The molecular weight excluding hydrogens is 194 g/mol. The molecule has 0 unspecified atom stereocenters. The summed E-state index contributed by atoms with van der Waals surface area (Å²) in [5.74, 6) is 0.619. The molecule has 1 heterocycles. The van der Waals surface area contributed by atoms with Crippen LogP contribution in [0.15, 0.2) is 18.2 Å². The summed E-state index contributed by atoms with van der Waals surface area (Å²) in [6.07, 6.45) is 1.19. The lowest BCUT2D eigenvalue weighted by Gasteiger charge is -2.42. The van der Waals surface area contributed by atoms with Gasteiger partial charge in [0.25, 0.3) is 0 Å². The van der Waals surface area contributed by atoms with Gasteiger partial charge in [-0.15, -0.1) is 0 Å². The van der Waals surface area contributed by atoms with Crippen molar-refractivity contribution in [1.29, 1.82) is 0 Å². The van der Waals surface area contributed by atoms with E-state index in [4.69, 9.17) is 0 Å². The molecule has 0 fully saturated rings. The normalized spacial score (nSPS) is 19.9. The molecule has 0 N–H and O–H groups in total. The highest BCUT2D eigenvalue weighted by Crippen LogP contribution is 2.35. The summed E-state index contributed by atoms with van der Waals surface area (Å²) in [5.41, 5.74) is 4.69. The van der Waals surface area contributed by atoms with Gasteiger partial charge < -0.3 is 0 Å². The van der Waals surface area contributed by atoms with Gasteiger partial charge in [0.1, 0.15) is 0 Å². The van der Waals surface area contributed by atoms with E-state index < -0.39 is 0 Å². The second-order valence-electron chi connectivity index (χ2n) is 5.80. The Morgan fingerprint density at radius 1 is 1.25 bits per heavy atom. The van der Waals surface area contributed by atoms with Crippen molar-refractivity contribution >= 4 is 0 Å². The highest BCUT2D eigenvalue weighted by Gasteiger charge is 2.31. The molecule has 0 saturated heterocycles. The minimum absolute atomic E-state index is 0.179. The fraction of sp³-hybridized carbons (Fsp3) is 0.600. The van der Waals surface area contributed by atoms with Gasteiger partial charge in [0, 0.05) is 12.1 Å². The molecule has 88 valence electrons. The Morgan fingerprint density at radius 2 is 1.94 bits per heavy atom. The average molecular weight is 217 g/mol. The third-order valence-corrected chi connectivity index (χ3v) is 4.13. The zero-order chi connectivity index (χ0) is 11.9. The zero-order valence-corrected chi connectivity index (χ0v) is 11.2. The summed E-state index contributed by atoms with van der Waals surface area (Å²) >= 11 is 0. The maximum Gasteiger partial charge on any atom is 0.0404 e. The van der Waals surface area contributed by atoms with E-state index in [0.29, 0.717) is 5.92 Å². The highest BCUT2D eigenvalue weighted by molar-refractivity contribution is 5.39. The lowest BCUT2D eigenvalue weighted by Crippen LogP contribution is -2.44. The molecule has 1 heteroatoms. The molecule has 0 atom stereocenters. The number of likely N-dealkylation sites (N-methyl/N-ethyl adjacent to an activating group) is 1. The fourth-order valence-corrected chi connectivity index (χ4v) is 2.51. The monoisotopic (exact) mass is 217 g/mol. The molecule has 1 aromatic rings. The summed E-state index contributed by atoms with van der Waals surface area (Å²) in [7, 11) is 2.23. The molecule has 2 rings (SSSR count). The van der Waals surface area contributed by atoms with Crippen molar-refractivity contribution in [3.63, 3.8) is 0 Å². The first-order chi connectivity index (χ1) is 7.43. The first-order valence-electron chi connectivity index (χ1n) is 6.27. The van der Waals surface area contributed by atoms with Crippen LogP contribution in [0.4, 0.5) is 0 Å². The molecule has 0 spiro atoms. The van der Waals surface area contributed by atoms with E-state index in [-0.39, 0.29) is 5.54 Å². The van der Waals surface area contributed by atoms with Crippen LogP contribution in [0.1, 0.15) is 50.3 Å². The van der Waals surface area contributed by atoms with E-state index in [1.165, 1.54) is 29.7 Å². The van der Waals surface area contributed by atoms with Crippen LogP contribution < -0.4 is 0 Å². The average Bonchev–Trinajstić information content (AvgIpc) is 2.23. The SMILES string of the molecule is CC(C)c1ccc2c(c1)C(C)(C)N(C)CC2. The quantitative estimate of drug-likeness (QED) is 0.695. The predicted octanol–water partition coefficient (Wildman–Crippen LogP) is 3.53. The van der Waals surface area contributed by atoms with Crippen LogP contribution in [0.2, 0.25) is 0 Å². The first kappa shape index (κ1) is 11.7. The van der Waals surface area contributed by atoms with Gasteiger partial charge in [-0.1, -0.05) is 32.0 Å². The minimum atomic E-state index is 0.179. The molecule has 1 nitrogen and oxygen atoms in total. The molecule has 0 radical (unpaired) electrons. The van der Waals surface area contributed by atoms with Crippen molar-refractivity contribution in [2.75, 3.05) is 13.6 Å². The summed E-state index contributed by atoms with van der Waals surface area (Å²) in [6, 6.07) is 7.04. The van der Waals surface area contributed by atoms with Crippen molar-refractivity contribution in [2.24, 2.45) is 0 Å². The number of nitrogens with zero attached hydrogens (tertiary/aromatic N) is 1. The Balaban J connectivity index is 2.51. The smallest absolute Gasteiger partial charge is 0.0404 e. The number of hydrogen-bond acceptors (Lipinski definition) is 1. The first-order valence-corrected chi connectivity index (χ1v) is 6.27. The van der Waals surface area contributed by atoms with Gasteiger partial charge in [0.15, 0.2) is 0 Å². The molecule has 16 heavy (non-hydrogen) atoms. The van der Waals surface area contributed by atoms with Gasteiger partial charge >= 0.3 is 0 Å². The van der Waals surface area contributed by atoms with Crippen molar-refractivity contribution in [3.8, 4) is 0 Å². The molecule has 1 aliphatic rings. The summed E-state index contributed by atoms with van der Waals surface area (Å²) in [5, 5.41) is 0. The Kier molecular flexibility index (Phi) is 2.83. The van der Waals surface area contributed by atoms with Crippen LogP contribution in [0, 0.1) is 0 Å². The second-order valence-corrected chi connectivity index (χ2v) is 5.80. The van der Waals surface area contributed by atoms with Gasteiger partial charge in [-0.2, -0.15) is 0 Å². The van der Waals surface area contributed by atoms with E-state index in [2.05, 4.69) is 57.8 Å². The zero-order valence-electron chi connectivity index (χ0n) is 11.2. The van der Waals surface area contributed by atoms with Crippen molar-refractivity contribution in [1.82, 2.24) is 4.90 Å². The van der Waals surface area contributed by atoms with Gasteiger partial charge in [-0.25, -0.2) is 0 Å². The predicted molar refractivity (Wildman–Crippen MR) is 69.9 cm³/mol. The highest BCUT2D eigenvalue weighted by atomic mass is 15.2. The van der Waals surface area contributed by atoms with Crippen LogP contribution in [0.25, 0.3) is 0 Å². The van der Waals surface area contributed by atoms with Gasteiger partial charge in [-0.05, 0) is 49.9 Å². The molecule has 0 aromatic heterocycles. The molecule has 0 saturated carbocycles. The summed E-state index contributed by atoms with van der Waals surface area (Å²) in [4.78, 5) is 2.46. The molecular formula is C15H23N. The lowest BCUT2D eigenvalue weighted by molar-refractivity contribution is 0.143. The Labute approximate surface area is 99.5 Å². The molecule has 1 aliphatic heterocycles. The molecule has 0 bridgehead atoms. The Hall–Kier alpha value is -0.820. The van der Waals surface area contributed by atoms with Gasteiger partial charge in [0.05, 0.1) is 0 Å². The van der Waals surface area contributed by atoms with E-state index in [1.807, 2.05) is 0 Å². The largest absolute Gasteiger partial charge is 0.297 e. The molecule has 0 aliphatic carbocycles. The van der Waals surface area contributed by atoms with Crippen molar-refractivity contribution in [3.05, 3.63) is 34.9 Å². The third-order valence-electron chi connectivity index (χ3n) is 4.13. The fourth-order valence-electron chi connectivity index (χ4n) is 2.51. The van der Waals surface area contributed by atoms with E-state index >= 15 is 0 Å². The lowest BCUT2D eigenvalue weighted by atomic mass is 9.81.